The maximum Gasteiger partial charge on any atom is 0.248 e. The largest absolute Gasteiger partial charge is 0.366 e. The van der Waals surface area contributed by atoms with Crippen LogP contribution in [0.15, 0.2) is 18.2 Å². The number of carbonyl (C=O) groups excluding carboxylic acids is 1. The molecule has 1 saturated carbocycles. The minimum atomic E-state index is -0.448. The fraction of sp³-hybridized carbons (Fsp3) is 0.462. The van der Waals surface area contributed by atoms with Gasteiger partial charge in [-0.3, -0.25) is 4.79 Å². The molecule has 0 atom stereocenters. The first-order valence-corrected chi connectivity index (χ1v) is 7.51. The first-order valence-electron chi connectivity index (χ1n) is 5.90. The lowest BCUT2D eigenvalue weighted by Gasteiger charge is -2.13. The molecule has 0 spiro atoms. The first kappa shape index (κ1) is 13.7. The molecule has 3 N–H and O–H groups in total. The van der Waals surface area contributed by atoms with Crippen LogP contribution in [0.1, 0.15) is 28.8 Å². The number of hydrogen-bond donors (Lipinski definition) is 2. The van der Waals surface area contributed by atoms with Gasteiger partial charge in [-0.1, -0.05) is 17.7 Å². The molecule has 0 aliphatic heterocycles. The number of rotatable bonds is 6. The van der Waals surface area contributed by atoms with Crippen LogP contribution in [-0.2, 0) is 6.54 Å². The first-order chi connectivity index (χ1) is 8.56. The van der Waals surface area contributed by atoms with Gasteiger partial charge >= 0.3 is 0 Å². The summed E-state index contributed by atoms with van der Waals surface area (Å²) in [4.78, 5) is 11.0. The van der Waals surface area contributed by atoms with Crippen LogP contribution in [0.2, 0.25) is 5.02 Å². The van der Waals surface area contributed by atoms with Crippen molar-refractivity contribution < 1.29 is 4.79 Å². The van der Waals surface area contributed by atoms with Gasteiger partial charge < -0.3 is 11.1 Å². The van der Waals surface area contributed by atoms with Crippen LogP contribution in [-0.4, -0.2) is 23.5 Å². The van der Waals surface area contributed by atoms with E-state index in [1.165, 1.54) is 12.8 Å². The number of nitrogens with one attached hydrogen (secondary N) is 1. The van der Waals surface area contributed by atoms with Crippen molar-refractivity contribution in [2.24, 2.45) is 5.73 Å². The van der Waals surface area contributed by atoms with Crippen molar-refractivity contribution >= 4 is 29.3 Å². The minimum absolute atomic E-state index is 0.444. The van der Waals surface area contributed by atoms with Gasteiger partial charge in [-0.15, -0.1) is 0 Å². The monoisotopic (exact) mass is 284 g/mol. The second-order valence-electron chi connectivity index (χ2n) is 4.66. The van der Waals surface area contributed by atoms with Gasteiger partial charge in [-0.25, -0.2) is 0 Å². The van der Waals surface area contributed by atoms with E-state index < -0.39 is 5.91 Å². The summed E-state index contributed by atoms with van der Waals surface area (Å²) in [5.41, 5.74) is 6.65. The third-order valence-corrected chi connectivity index (χ3v) is 5.11. The molecule has 3 nitrogen and oxygen atoms in total. The third kappa shape index (κ3) is 3.19. The molecule has 0 heterocycles. The molecule has 1 aromatic rings. The molecule has 0 saturated heterocycles. The summed E-state index contributed by atoms with van der Waals surface area (Å²) in [5, 5.41) is 4.01. The Bertz CT molecular complexity index is 460. The molecule has 1 fully saturated rings. The molecule has 1 aliphatic carbocycles. The molecule has 18 heavy (non-hydrogen) atoms. The second kappa shape index (κ2) is 5.51. The predicted molar refractivity (Wildman–Crippen MR) is 77.2 cm³/mol. The van der Waals surface area contributed by atoms with Crippen molar-refractivity contribution in [3.63, 3.8) is 0 Å². The Labute approximate surface area is 116 Å². The van der Waals surface area contributed by atoms with Crippen LogP contribution in [0.25, 0.3) is 0 Å². The number of halogens is 1. The standard InChI is InChI=1S/C13H17ClN2OS/c1-18-13(4-5-13)8-16-7-10-3-2-9(12(15)17)6-11(10)14/h2-3,6,16H,4-5,7-8H2,1H3,(H2,15,17). The van der Waals surface area contributed by atoms with Crippen LogP contribution >= 0.6 is 23.4 Å². The number of carbonyl (C=O) groups is 1. The van der Waals surface area contributed by atoms with E-state index in [2.05, 4.69) is 11.6 Å². The van der Waals surface area contributed by atoms with Crippen molar-refractivity contribution in [2.45, 2.75) is 24.1 Å². The van der Waals surface area contributed by atoms with Crippen molar-refractivity contribution in [2.75, 3.05) is 12.8 Å². The second-order valence-corrected chi connectivity index (χ2v) is 6.34. The summed E-state index contributed by atoms with van der Waals surface area (Å²) in [7, 11) is 0. The molecule has 0 radical (unpaired) electrons. The van der Waals surface area contributed by atoms with Crippen LogP contribution in [0, 0.1) is 0 Å². The lowest BCUT2D eigenvalue weighted by Crippen LogP contribution is -2.25. The molecule has 5 heteroatoms. The average molecular weight is 285 g/mol. The van der Waals surface area contributed by atoms with E-state index in [4.69, 9.17) is 17.3 Å². The summed E-state index contributed by atoms with van der Waals surface area (Å²) in [5.74, 6) is -0.448. The van der Waals surface area contributed by atoms with Gasteiger partial charge in [0.2, 0.25) is 5.91 Å². The Morgan fingerprint density at radius 3 is 2.78 bits per heavy atom. The van der Waals surface area contributed by atoms with E-state index in [9.17, 15) is 4.79 Å². The van der Waals surface area contributed by atoms with Gasteiger partial charge in [0.05, 0.1) is 0 Å². The van der Waals surface area contributed by atoms with Gasteiger partial charge in [0.15, 0.2) is 0 Å². The highest BCUT2D eigenvalue weighted by Crippen LogP contribution is 2.46. The number of hydrogen-bond acceptors (Lipinski definition) is 3. The number of thioether (sulfide) groups is 1. The van der Waals surface area contributed by atoms with Crippen molar-refractivity contribution in [1.29, 1.82) is 0 Å². The van der Waals surface area contributed by atoms with E-state index in [-0.39, 0.29) is 0 Å². The highest BCUT2D eigenvalue weighted by atomic mass is 35.5. The molecular weight excluding hydrogens is 268 g/mol. The molecule has 0 unspecified atom stereocenters. The summed E-state index contributed by atoms with van der Waals surface area (Å²) in [6, 6.07) is 5.20. The molecule has 0 aromatic heterocycles. The lowest BCUT2D eigenvalue weighted by molar-refractivity contribution is 0.100. The Kier molecular flexibility index (Phi) is 4.20. The topological polar surface area (TPSA) is 55.1 Å². The molecular formula is C13H17ClN2OS. The normalized spacial score (nSPS) is 16.6. The van der Waals surface area contributed by atoms with Crippen LogP contribution < -0.4 is 11.1 Å². The zero-order valence-corrected chi connectivity index (χ0v) is 11.9. The highest BCUT2D eigenvalue weighted by Gasteiger charge is 2.41. The molecule has 1 aromatic carbocycles. The van der Waals surface area contributed by atoms with Gasteiger partial charge in [-0.05, 0) is 36.8 Å². The van der Waals surface area contributed by atoms with Crippen molar-refractivity contribution in [1.82, 2.24) is 5.32 Å². The quantitative estimate of drug-likeness (QED) is 0.843. The predicted octanol–water partition coefficient (Wildman–Crippen LogP) is 2.42. The van der Waals surface area contributed by atoms with Gasteiger partial charge in [0, 0.05) is 28.4 Å². The van der Waals surface area contributed by atoms with E-state index in [1.807, 2.05) is 17.8 Å². The number of amides is 1. The number of primary amides is 1. The minimum Gasteiger partial charge on any atom is -0.366 e. The van der Waals surface area contributed by atoms with Gasteiger partial charge in [-0.2, -0.15) is 11.8 Å². The summed E-state index contributed by atoms with van der Waals surface area (Å²) in [6.45, 7) is 1.72. The SMILES string of the molecule is CSC1(CNCc2ccc(C(N)=O)cc2Cl)CC1. The molecule has 98 valence electrons. The summed E-state index contributed by atoms with van der Waals surface area (Å²) < 4.78 is 0.444. The molecule has 1 amide bonds. The molecule has 0 bridgehead atoms. The molecule has 1 aliphatic rings. The van der Waals surface area contributed by atoms with E-state index in [0.717, 1.165) is 18.7 Å². The van der Waals surface area contributed by atoms with Crippen molar-refractivity contribution in [3.8, 4) is 0 Å². The van der Waals surface area contributed by atoms with Crippen LogP contribution in [0.5, 0.6) is 0 Å². The lowest BCUT2D eigenvalue weighted by atomic mass is 10.1. The maximum absolute atomic E-state index is 11.0. The zero-order chi connectivity index (χ0) is 13.2. The number of benzene rings is 1. The van der Waals surface area contributed by atoms with Gasteiger partial charge in [0.1, 0.15) is 0 Å². The van der Waals surface area contributed by atoms with Crippen LogP contribution in [0.4, 0.5) is 0 Å². The highest BCUT2D eigenvalue weighted by molar-refractivity contribution is 8.00. The van der Waals surface area contributed by atoms with E-state index in [1.54, 1.807) is 12.1 Å². The Morgan fingerprint density at radius 2 is 2.28 bits per heavy atom. The maximum atomic E-state index is 11.0. The Balaban J connectivity index is 1.91. The zero-order valence-electron chi connectivity index (χ0n) is 10.3. The van der Waals surface area contributed by atoms with E-state index in [0.29, 0.717) is 15.3 Å². The number of nitrogens with two attached hydrogens (primary N) is 1. The fourth-order valence-electron chi connectivity index (χ4n) is 1.86. The van der Waals surface area contributed by atoms with Crippen molar-refractivity contribution in [3.05, 3.63) is 34.3 Å². The summed E-state index contributed by atoms with van der Waals surface area (Å²) in [6.07, 6.45) is 4.73. The smallest absolute Gasteiger partial charge is 0.248 e. The fourth-order valence-corrected chi connectivity index (χ4v) is 2.87. The van der Waals surface area contributed by atoms with Gasteiger partial charge in [0.25, 0.3) is 0 Å². The summed E-state index contributed by atoms with van der Waals surface area (Å²) >= 11 is 8.05. The average Bonchev–Trinajstić information content (AvgIpc) is 3.11. The third-order valence-electron chi connectivity index (χ3n) is 3.34. The Morgan fingerprint density at radius 1 is 1.56 bits per heavy atom. The van der Waals surface area contributed by atoms with E-state index >= 15 is 0 Å². The van der Waals surface area contributed by atoms with Crippen LogP contribution in [0.3, 0.4) is 0 Å². The Hall–Kier alpha value is -0.710. The molecule has 2 rings (SSSR count).